The summed E-state index contributed by atoms with van der Waals surface area (Å²) in [6.45, 7) is 16.2. The van der Waals surface area contributed by atoms with Gasteiger partial charge in [0.1, 0.15) is 11.8 Å². The fourth-order valence-corrected chi connectivity index (χ4v) is 6.27. The highest BCUT2D eigenvalue weighted by Crippen LogP contribution is 2.44. The normalized spacial score (nSPS) is 18.6. The number of hydrogen-bond acceptors (Lipinski definition) is 8. The molecule has 0 aliphatic carbocycles. The molecule has 1 saturated heterocycles. The number of carbonyl (C=O) groups is 1. The van der Waals surface area contributed by atoms with Gasteiger partial charge < -0.3 is 20.0 Å². The van der Waals surface area contributed by atoms with Crippen molar-refractivity contribution >= 4 is 31.5 Å². The van der Waals surface area contributed by atoms with Crippen LogP contribution in [-0.2, 0) is 16.9 Å². The topological polar surface area (TPSA) is 121 Å². The van der Waals surface area contributed by atoms with Crippen molar-refractivity contribution in [2.75, 3.05) is 36.9 Å². The van der Waals surface area contributed by atoms with Crippen LogP contribution in [0.3, 0.4) is 0 Å². The Bertz CT molecular complexity index is 1510. The molecule has 2 aromatic heterocycles. The average Bonchev–Trinajstić information content (AvgIpc) is 3.67. The predicted molar refractivity (Wildman–Crippen MR) is 163 cm³/mol. The summed E-state index contributed by atoms with van der Waals surface area (Å²) in [4.78, 5) is 24.2. The van der Waals surface area contributed by atoms with E-state index >= 15 is 0 Å². The number of aryl methyl sites for hydroxylation is 1. The standard InChI is InChI=1S/C30H40N8O2Si/c1-29(2,3)41(6,7)40-19-30(4)18-33-25-21(16-31)14-20(15-22(25)30)23-10-11-32-28(35-23)36-24-17-34-37(5)26(24)27(39)38-12-8-9-13-38/h10-11,14-15,17,33H,8-9,12-13,18-19H2,1-7H3,(H,32,35,36)/t30-/m1/s1. The van der Waals surface area contributed by atoms with E-state index in [1.807, 2.05) is 17.0 Å². The van der Waals surface area contributed by atoms with Crippen molar-refractivity contribution in [2.24, 2.45) is 7.05 Å². The van der Waals surface area contributed by atoms with Crippen LogP contribution >= 0.6 is 0 Å². The van der Waals surface area contributed by atoms with Gasteiger partial charge in [0.2, 0.25) is 5.95 Å². The first-order valence-electron chi connectivity index (χ1n) is 14.2. The Kier molecular flexibility index (Phi) is 7.42. The molecule has 1 amide bonds. The summed E-state index contributed by atoms with van der Waals surface area (Å²) in [5, 5.41) is 21.1. The van der Waals surface area contributed by atoms with E-state index in [1.54, 1.807) is 24.1 Å². The summed E-state index contributed by atoms with van der Waals surface area (Å²) in [5.41, 5.74) is 4.76. The van der Waals surface area contributed by atoms with E-state index in [4.69, 9.17) is 9.41 Å². The Balaban J connectivity index is 1.44. The van der Waals surface area contributed by atoms with Crippen LogP contribution in [0.25, 0.3) is 11.3 Å². The molecule has 0 saturated carbocycles. The zero-order valence-corrected chi connectivity index (χ0v) is 26.1. The highest BCUT2D eigenvalue weighted by Gasteiger charge is 2.42. The Morgan fingerprint density at radius 3 is 2.68 bits per heavy atom. The minimum absolute atomic E-state index is 0.0508. The van der Waals surface area contributed by atoms with Crippen LogP contribution in [0.5, 0.6) is 0 Å². The molecule has 3 aromatic rings. The molecular weight excluding hydrogens is 532 g/mol. The number of nitrogens with one attached hydrogen (secondary N) is 2. The van der Waals surface area contributed by atoms with Crippen LogP contribution in [-0.4, -0.2) is 65.1 Å². The molecule has 41 heavy (non-hydrogen) atoms. The molecule has 1 fully saturated rings. The molecule has 0 bridgehead atoms. The Morgan fingerprint density at radius 2 is 2.00 bits per heavy atom. The summed E-state index contributed by atoms with van der Waals surface area (Å²) in [7, 11) is -0.197. The van der Waals surface area contributed by atoms with Crippen molar-refractivity contribution in [1.82, 2.24) is 24.6 Å². The van der Waals surface area contributed by atoms with Crippen LogP contribution < -0.4 is 10.6 Å². The molecule has 2 N–H and O–H groups in total. The number of benzene rings is 1. The molecule has 11 heteroatoms. The third-order valence-electron chi connectivity index (χ3n) is 8.85. The fourth-order valence-electron chi connectivity index (χ4n) is 5.16. The maximum absolute atomic E-state index is 13.2. The first-order valence-corrected chi connectivity index (χ1v) is 17.1. The van der Waals surface area contributed by atoms with E-state index in [2.05, 4.69) is 73.6 Å². The molecule has 2 aliphatic heterocycles. The van der Waals surface area contributed by atoms with Gasteiger partial charge in [-0.1, -0.05) is 27.7 Å². The van der Waals surface area contributed by atoms with Crippen molar-refractivity contribution in [1.29, 1.82) is 5.26 Å². The molecule has 1 aromatic carbocycles. The summed E-state index contributed by atoms with van der Waals surface area (Å²) in [5.74, 6) is 0.303. The second kappa shape index (κ2) is 10.6. The largest absolute Gasteiger partial charge is 0.416 e. The van der Waals surface area contributed by atoms with E-state index in [0.717, 1.165) is 42.7 Å². The second-order valence-electron chi connectivity index (χ2n) is 12.9. The van der Waals surface area contributed by atoms with E-state index in [1.165, 1.54) is 0 Å². The Hall–Kier alpha value is -3.75. The highest BCUT2D eigenvalue weighted by molar-refractivity contribution is 6.74. The molecule has 1 atom stereocenters. The first kappa shape index (κ1) is 28.8. The average molecular weight is 573 g/mol. The summed E-state index contributed by atoms with van der Waals surface area (Å²) >= 11 is 0. The second-order valence-corrected chi connectivity index (χ2v) is 17.8. The van der Waals surface area contributed by atoms with Crippen LogP contribution in [0.15, 0.2) is 30.6 Å². The quantitative estimate of drug-likeness (QED) is 0.360. The molecule has 4 heterocycles. The maximum Gasteiger partial charge on any atom is 0.274 e. The van der Waals surface area contributed by atoms with Gasteiger partial charge in [-0.25, -0.2) is 9.97 Å². The third kappa shape index (κ3) is 5.46. The number of carbonyl (C=O) groups excluding carboxylic acids is 1. The van der Waals surface area contributed by atoms with E-state index < -0.39 is 8.32 Å². The Morgan fingerprint density at radius 1 is 1.27 bits per heavy atom. The number of anilines is 3. The van der Waals surface area contributed by atoms with Crippen LogP contribution in [0.2, 0.25) is 18.1 Å². The molecule has 2 aliphatic rings. The predicted octanol–water partition coefficient (Wildman–Crippen LogP) is 5.43. The minimum Gasteiger partial charge on any atom is -0.416 e. The number of nitriles is 1. The van der Waals surface area contributed by atoms with Crippen molar-refractivity contribution in [3.63, 3.8) is 0 Å². The van der Waals surface area contributed by atoms with Gasteiger partial charge in [-0.15, -0.1) is 0 Å². The third-order valence-corrected chi connectivity index (χ3v) is 13.3. The number of hydrogen-bond donors (Lipinski definition) is 2. The van der Waals surface area contributed by atoms with Gasteiger partial charge in [0, 0.05) is 50.5 Å². The lowest BCUT2D eigenvalue weighted by molar-refractivity contribution is 0.0783. The summed E-state index contributed by atoms with van der Waals surface area (Å²) in [6, 6.07) is 8.18. The molecule has 5 rings (SSSR count). The van der Waals surface area contributed by atoms with Gasteiger partial charge in [0.05, 0.1) is 28.8 Å². The SMILES string of the molecule is Cn1ncc(Nc2nccc(-c3cc(C#N)c4c(c3)[C@@](C)(CO[Si](C)(C)C(C)(C)C)CN4)n2)c1C(=O)N1CCCC1. The monoisotopic (exact) mass is 572 g/mol. The maximum atomic E-state index is 13.2. The van der Waals surface area contributed by atoms with Gasteiger partial charge in [0.15, 0.2) is 8.32 Å². The zero-order valence-electron chi connectivity index (χ0n) is 25.1. The lowest BCUT2D eigenvalue weighted by Gasteiger charge is -2.39. The van der Waals surface area contributed by atoms with Gasteiger partial charge in [-0.2, -0.15) is 10.4 Å². The summed E-state index contributed by atoms with van der Waals surface area (Å²) < 4.78 is 8.24. The lowest BCUT2D eigenvalue weighted by Crippen LogP contribution is -2.45. The van der Waals surface area contributed by atoms with Crippen LogP contribution in [0, 0.1) is 11.3 Å². The molecule has 10 nitrogen and oxygen atoms in total. The van der Waals surface area contributed by atoms with Crippen molar-refractivity contribution in [3.8, 4) is 17.3 Å². The number of rotatable bonds is 7. The van der Waals surface area contributed by atoms with Crippen LogP contribution in [0.1, 0.15) is 62.2 Å². The number of aromatic nitrogens is 4. The number of fused-ring (bicyclic) bond motifs is 1. The van der Waals surface area contributed by atoms with Gasteiger partial charge >= 0.3 is 0 Å². The Labute approximate surface area is 243 Å². The molecule has 216 valence electrons. The number of nitrogens with zero attached hydrogens (tertiary/aromatic N) is 6. The zero-order chi connectivity index (χ0) is 29.6. The van der Waals surface area contributed by atoms with Crippen molar-refractivity contribution < 1.29 is 9.22 Å². The van der Waals surface area contributed by atoms with Gasteiger partial charge in [0.25, 0.3) is 5.91 Å². The number of likely N-dealkylation sites (tertiary alicyclic amines) is 1. The fraction of sp³-hybridized carbons (Fsp3) is 0.500. The van der Waals surface area contributed by atoms with Crippen molar-refractivity contribution in [2.45, 2.75) is 64.1 Å². The van der Waals surface area contributed by atoms with E-state index in [0.29, 0.717) is 41.7 Å². The smallest absolute Gasteiger partial charge is 0.274 e. The molecule has 0 spiro atoms. The highest BCUT2D eigenvalue weighted by atomic mass is 28.4. The summed E-state index contributed by atoms with van der Waals surface area (Å²) in [6.07, 6.45) is 5.34. The van der Waals surface area contributed by atoms with E-state index in [-0.39, 0.29) is 16.4 Å². The first-order chi connectivity index (χ1) is 19.3. The minimum atomic E-state index is -1.96. The van der Waals surface area contributed by atoms with Gasteiger partial charge in [-0.05, 0) is 54.7 Å². The van der Waals surface area contributed by atoms with E-state index in [9.17, 15) is 10.1 Å². The molecular formula is C30H40N8O2Si. The lowest BCUT2D eigenvalue weighted by atomic mass is 9.83. The van der Waals surface area contributed by atoms with Crippen molar-refractivity contribution in [3.05, 3.63) is 47.4 Å². The van der Waals surface area contributed by atoms with Crippen LogP contribution in [0.4, 0.5) is 17.3 Å². The number of amides is 1. The van der Waals surface area contributed by atoms with Gasteiger partial charge in [-0.3, -0.25) is 9.48 Å². The molecule has 0 unspecified atom stereocenters. The molecule has 0 radical (unpaired) electrons.